The first-order chi connectivity index (χ1) is 9.72. The van der Waals surface area contributed by atoms with Crippen LogP contribution in [0.2, 0.25) is 0 Å². The summed E-state index contributed by atoms with van der Waals surface area (Å²) in [7, 11) is 0. The molecular formula is C17H20O2S. The number of carbonyl (C=O) groups is 1. The van der Waals surface area contributed by atoms with Crippen molar-refractivity contribution in [2.24, 2.45) is 0 Å². The van der Waals surface area contributed by atoms with Crippen LogP contribution in [0.4, 0.5) is 0 Å². The Kier molecular flexibility index (Phi) is 7.36. The number of hydrogen-bond donors (Lipinski definition) is 0. The molecule has 0 bridgehead atoms. The Bertz CT molecular complexity index is 531. The van der Waals surface area contributed by atoms with Crippen molar-refractivity contribution < 1.29 is 9.53 Å². The van der Waals surface area contributed by atoms with Crippen molar-refractivity contribution in [2.75, 3.05) is 6.61 Å². The van der Waals surface area contributed by atoms with Gasteiger partial charge in [0.05, 0.1) is 6.61 Å². The predicted molar refractivity (Wildman–Crippen MR) is 86.6 cm³/mol. The maximum Gasteiger partial charge on any atom is 0.331 e. The van der Waals surface area contributed by atoms with E-state index in [1.165, 1.54) is 0 Å². The number of thiophene rings is 1. The van der Waals surface area contributed by atoms with Crippen LogP contribution in [0.15, 0.2) is 59.5 Å². The monoisotopic (exact) mass is 288 g/mol. The van der Waals surface area contributed by atoms with E-state index in [9.17, 15) is 4.79 Å². The van der Waals surface area contributed by atoms with E-state index < -0.39 is 0 Å². The minimum absolute atomic E-state index is 0.313. The van der Waals surface area contributed by atoms with Crippen molar-refractivity contribution in [1.29, 1.82) is 0 Å². The maximum absolute atomic E-state index is 11.8. The highest BCUT2D eigenvalue weighted by Gasteiger charge is 2.09. The Morgan fingerprint density at radius 2 is 2.15 bits per heavy atom. The molecule has 0 spiro atoms. The van der Waals surface area contributed by atoms with Gasteiger partial charge < -0.3 is 4.74 Å². The summed E-state index contributed by atoms with van der Waals surface area (Å²) >= 11 is 1.60. The standard InChI is InChI=1S/C17H20O2S/c1-4-7-10-14(9-5-2)15(13-17(18)19-6-3)16-11-8-12-20-16/h4-5,7-13H,6H2,1-3H3/b7-4-,9-5+,14-10+,15-13-. The third-order valence-electron chi connectivity index (χ3n) is 2.46. The highest BCUT2D eigenvalue weighted by Crippen LogP contribution is 2.28. The molecule has 1 aromatic heterocycles. The van der Waals surface area contributed by atoms with Crippen molar-refractivity contribution in [3.05, 3.63) is 64.4 Å². The van der Waals surface area contributed by atoms with Gasteiger partial charge in [-0.1, -0.05) is 36.4 Å². The van der Waals surface area contributed by atoms with Gasteiger partial charge in [0.2, 0.25) is 0 Å². The molecule has 0 aliphatic rings. The average molecular weight is 288 g/mol. The molecule has 0 aliphatic carbocycles. The molecule has 0 unspecified atom stereocenters. The van der Waals surface area contributed by atoms with E-state index in [2.05, 4.69) is 0 Å². The minimum Gasteiger partial charge on any atom is -0.463 e. The fraction of sp³-hybridized carbons (Fsp3) is 0.235. The van der Waals surface area contributed by atoms with Crippen LogP contribution in [-0.2, 0) is 9.53 Å². The fourth-order valence-electron chi connectivity index (χ4n) is 1.64. The minimum atomic E-state index is -0.313. The summed E-state index contributed by atoms with van der Waals surface area (Å²) in [6.45, 7) is 6.10. The van der Waals surface area contributed by atoms with Gasteiger partial charge in [0, 0.05) is 16.5 Å². The molecule has 1 aromatic rings. The quantitative estimate of drug-likeness (QED) is 0.428. The number of carbonyl (C=O) groups excluding carboxylic acids is 1. The van der Waals surface area contributed by atoms with E-state index >= 15 is 0 Å². The molecule has 1 rings (SSSR count). The summed E-state index contributed by atoms with van der Waals surface area (Å²) in [6, 6.07) is 3.98. The summed E-state index contributed by atoms with van der Waals surface area (Å²) in [4.78, 5) is 12.8. The Hall–Kier alpha value is -1.87. The van der Waals surface area contributed by atoms with Gasteiger partial charge in [-0.3, -0.25) is 0 Å². The molecule has 2 nitrogen and oxygen atoms in total. The van der Waals surface area contributed by atoms with E-state index in [4.69, 9.17) is 4.74 Å². The molecular weight excluding hydrogens is 268 g/mol. The van der Waals surface area contributed by atoms with Gasteiger partial charge in [-0.05, 0) is 37.8 Å². The van der Waals surface area contributed by atoms with Crippen molar-refractivity contribution in [2.45, 2.75) is 20.8 Å². The molecule has 0 aliphatic heterocycles. The first-order valence-electron chi connectivity index (χ1n) is 6.61. The molecule has 1 heterocycles. The van der Waals surface area contributed by atoms with Crippen LogP contribution in [0.1, 0.15) is 25.6 Å². The lowest BCUT2D eigenvalue weighted by Crippen LogP contribution is -2.01. The summed E-state index contributed by atoms with van der Waals surface area (Å²) in [5.41, 5.74) is 1.87. The molecule has 106 valence electrons. The van der Waals surface area contributed by atoms with Gasteiger partial charge in [0.15, 0.2) is 0 Å². The van der Waals surface area contributed by atoms with Crippen LogP contribution in [0, 0.1) is 0 Å². The van der Waals surface area contributed by atoms with Crippen molar-refractivity contribution in [3.63, 3.8) is 0 Å². The largest absolute Gasteiger partial charge is 0.463 e. The molecule has 20 heavy (non-hydrogen) atoms. The van der Waals surface area contributed by atoms with E-state index in [1.54, 1.807) is 24.3 Å². The van der Waals surface area contributed by atoms with E-state index in [1.807, 2.05) is 61.7 Å². The zero-order valence-corrected chi connectivity index (χ0v) is 12.9. The number of esters is 1. The van der Waals surface area contributed by atoms with Gasteiger partial charge in [-0.2, -0.15) is 0 Å². The summed E-state index contributed by atoms with van der Waals surface area (Å²) in [5, 5.41) is 2.00. The molecule has 0 atom stereocenters. The van der Waals surface area contributed by atoms with Gasteiger partial charge >= 0.3 is 5.97 Å². The van der Waals surface area contributed by atoms with Crippen LogP contribution in [-0.4, -0.2) is 12.6 Å². The Labute approximate surface area is 124 Å². The number of allylic oxidation sites excluding steroid dienone is 7. The SMILES string of the molecule is C\C=C/C=C(\C=C\C)C(=C/C(=O)OCC)/c1cccs1. The topological polar surface area (TPSA) is 26.3 Å². The lowest BCUT2D eigenvalue weighted by Gasteiger charge is -2.07. The maximum atomic E-state index is 11.8. The third kappa shape index (κ3) is 5.02. The summed E-state index contributed by atoms with van der Waals surface area (Å²) < 4.78 is 5.02. The summed E-state index contributed by atoms with van der Waals surface area (Å²) in [5.74, 6) is -0.313. The van der Waals surface area contributed by atoms with Crippen LogP contribution < -0.4 is 0 Å². The van der Waals surface area contributed by atoms with Gasteiger partial charge in [0.25, 0.3) is 0 Å². The highest BCUT2D eigenvalue weighted by atomic mass is 32.1. The van der Waals surface area contributed by atoms with E-state index in [-0.39, 0.29) is 5.97 Å². The Balaban J connectivity index is 3.25. The Morgan fingerprint density at radius 3 is 2.70 bits per heavy atom. The molecule has 0 radical (unpaired) electrons. The van der Waals surface area contributed by atoms with Crippen LogP contribution in [0.5, 0.6) is 0 Å². The fourth-order valence-corrected chi connectivity index (χ4v) is 2.41. The van der Waals surface area contributed by atoms with Gasteiger partial charge in [-0.25, -0.2) is 4.79 Å². The molecule has 0 saturated carbocycles. The van der Waals surface area contributed by atoms with Gasteiger partial charge in [-0.15, -0.1) is 11.3 Å². The molecule has 0 amide bonds. The summed E-state index contributed by atoms with van der Waals surface area (Å²) in [6.07, 6.45) is 11.4. The molecule has 0 N–H and O–H groups in total. The van der Waals surface area contributed by atoms with Crippen molar-refractivity contribution >= 4 is 22.9 Å². The first-order valence-corrected chi connectivity index (χ1v) is 7.49. The van der Waals surface area contributed by atoms with Crippen molar-refractivity contribution in [3.8, 4) is 0 Å². The number of ether oxygens (including phenoxy) is 1. The van der Waals surface area contributed by atoms with Crippen LogP contribution >= 0.6 is 11.3 Å². The second-order valence-electron chi connectivity index (χ2n) is 3.94. The zero-order valence-electron chi connectivity index (χ0n) is 12.1. The molecule has 0 saturated heterocycles. The van der Waals surface area contributed by atoms with E-state index in [0.717, 1.165) is 16.0 Å². The Morgan fingerprint density at radius 1 is 1.35 bits per heavy atom. The van der Waals surface area contributed by atoms with Crippen molar-refractivity contribution in [1.82, 2.24) is 0 Å². The zero-order chi connectivity index (χ0) is 14.8. The molecule has 0 aromatic carbocycles. The lowest BCUT2D eigenvalue weighted by molar-refractivity contribution is -0.137. The highest BCUT2D eigenvalue weighted by molar-refractivity contribution is 7.11. The normalized spacial score (nSPS) is 13.3. The van der Waals surface area contributed by atoms with Crippen LogP contribution in [0.25, 0.3) is 5.57 Å². The smallest absolute Gasteiger partial charge is 0.331 e. The molecule has 0 fully saturated rings. The number of rotatable bonds is 6. The average Bonchev–Trinajstić information content (AvgIpc) is 2.95. The number of hydrogen-bond acceptors (Lipinski definition) is 3. The second-order valence-corrected chi connectivity index (χ2v) is 4.88. The van der Waals surface area contributed by atoms with Crippen LogP contribution in [0.3, 0.4) is 0 Å². The lowest BCUT2D eigenvalue weighted by atomic mass is 10.0. The van der Waals surface area contributed by atoms with Gasteiger partial charge in [0.1, 0.15) is 0 Å². The molecule has 3 heteroatoms. The predicted octanol–water partition coefficient (Wildman–Crippen LogP) is 4.77. The first kappa shape index (κ1) is 16.2. The second kappa shape index (κ2) is 9.10. The van der Waals surface area contributed by atoms with E-state index in [0.29, 0.717) is 6.61 Å². The third-order valence-corrected chi connectivity index (χ3v) is 3.36.